The fourth-order valence-electron chi connectivity index (χ4n) is 1.48. The molecule has 1 unspecified atom stereocenters. The number of aryl methyl sites for hydroxylation is 1. The van der Waals surface area contributed by atoms with E-state index in [9.17, 15) is 5.11 Å². The smallest absolute Gasteiger partial charge is 0.119 e. The van der Waals surface area contributed by atoms with Crippen molar-refractivity contribution >= 4 is 11.6 Å². The first-order valence-corrected chi connectivity index (χ1v) is 6.82. The van der Waals surface area contributed by atoms with E-state index < -0.39 is 11.6 Å². The molecule has 0 aliphatic heterocycles. The third-order valence-corrected chi connectivity index (χ3v) is 3.46. The average Bonchev–Trinajstić information content (AvgIpc) is 2.46. The standard InChI is InChI=1S/C14H22ClNO4/c1-10-5-12(3-4-13(10)15)20-7-11(19)6-16-14(2,8-17)9-18/h3-5,11,16-19H,6-9H2,1-2H3. The lowest BCUT2D eigenvalue weighted by Gasteiger charge is -2.27. The highest BCUT2D eigenvalue weighted by atomic mass is 35.5. The van der Waals surface area contributed by atoms with Crippen LogP contribution in [0.2, 0.25) is 5.02 Å². The fourth-order valence-corrected chi connectivity index (χ4v) is 1.60. The predicted molar refractivity (Wildman–Crippen MR) is 78.3 cm³/mol. The maximum absolute atomic E-state index is 9.81. The summed E-state index contributed by atoms with van der Waals surface area (Å²) < 4.78 is 5.46. The van der Waals surface area contributed by atoms with Gasteiger partial charge in [-0.15, -0.1) is 0 Å². The number of rotatable bonds is 8. The molecule has 114 valence electrons. The third-order valence-electron chi connectivity index (χ3n) is 3.03. The van der Waals surface area contributed by atoms with Gasteiger partial charge in [0.1, 0.15) is 18.5 Å². The molecule has 0 aliphatic rings. The molecule has 0 saturated heterocycles. The molecule has 0 bridgehead atoms. The van der Waals surface area contributed by atoms with E-state index in [1.54, 1.807) is 25.1 Å². The molecule has 0 radical (unpaired) electrons. The van der Waals surface area contributed by atoms with Crippen LogP contribution in [-0.2, 0) is 0 Å². The molecule has 0 amide bonds. The number of nitrogens with one attached hydrogen (secondary N) is 1. The van der Waals surface area contributed by atoms with Crippen molar-refractivity contribution in [1.82, 2.24) is 5.32 Å². The Labute approximate surface area is 124 Å². The van der Waals surface area contributed by atoms with Crippen LogP contribution < -0.4 is 10.1 Å². The third kappa shape index (κ3) is 5.26. The minimum Gasteiger partial charge on any atom is -0.491 e. The number of halogens is 1. The summed E-state index contributed by atoms with van der Waals surface area (Å²) in [5, 5.41) is 31.6. The second kappa shape index (κ2) is 7.81. The van der Waals surface area contributed by atoms with E-state index in [4.69, 9.17) is 26.6 Å². The van der Waals surface area contributed by atoms with E-state index in [2.05, 4.69) is 5.32 Å². The SMILES string of the molecule is Cc1cc(OCC(O)CNC(C)(CO)CO)ccc1Cl. The zero-order valence-electron chi connectivity index (χ0n) is 11.8. The quantitative estimate of drug-likeness (QED) is 0.569. The second-order valence-electron chi connectivity index (χ2n) is 5.13. The fraction of sp³-hybridized carbons (Fsp3) is 0.571. The highest BCUT2D eigenvalue weighted by molar-refractivity contribution is 6.31. The van der Waals surface area contributed by atoms with Crippen molar-refractivity contribution in [2.45, 2.75) is 25.5 Å². The summed E-state index contributed by atoms with van der Waals surface area (Å²) in [6, 6.07) is 5.28. The van der Waals surface area contributed by atoms with Gasteiger partial charge in [-0.25, -0.2) is 0 Å². The van der Waals surface area contributed by atoms with Crippen LogP contribution in [0.5, 0.6) is 5.75 Å². The first-order valence-electron chi connectivity index (χ1n) is 6.44. The number of β-amino-alcohol motifs (C(OH)–C–C–N with tert-alkyl or cyclic N) is 1. The lowest BCUT2D eigenvalue weighted by atomic mass is 10.1. The van der Waals surface area contributed by atoms with Crippen LogP contribution in [0, 0.1) is 6.92 Å². The Morgan fingerprint density at radius 3 is 2.55 bits per heavy atom. The molecule has 20 heavy (non-hydrogen) atoms. The number of hydrogen-bond acceptors (Lipinski definition) is 5. The van der Waals surface area contributed by atoms with Crippen molar-refractivity contribution in [2.24, 2.45) is 0 Å². The molecular formula is C14H22ClNO4. The molecule has 1 rings (SSSR count). The lowest BCUT2D eigenvalue weighted by molar-refractivity contribution is 0.0666. The van der Waals surface area contributed by atoms with Gasteiger partial charge in [-0.05, 0) is 37.6 Å². The minimum atomic E-state index is -0.808. The normalized spacial score (nSPS) is 13.3. The van der Waals surface area contributed by atoms with E-state index in [1.165, 1.54) is 0 Å². The van der Waals surface area contributed by atoms with Crippen molar-refractivity contribution in [2.75, 3.05) is 26.4 Å². The van der Waals surface area contributed by atoms with E-state index in [1.807, 2.05) is 6.92 Å². The highest BCUT2D eigenvalue weighted by Crippen LogP contribution is 2.21. The van der Waals surface area contributed by atoms with Gasteiger partial charge in [-0.2, -0.15) is 0 Å². The maximum atomic E-state index is 9.81. The zero-order valence-corrected chi connectivity index (χ0v) is 12.5. The van der Waals surface area contributed by atoms with Crippen LogP contribution in [0.4, 0.5) is 0 Å². The highest BCUT2D eigenvalue weighted by Gasteiger charge is 2.22. The molecule has 1 aromatic rings. The van der Waals surface area contributed by atoms with Crippen molar-refractivity contribution < 1.29 is 20.1 Å². The summed E-state index contributed by atoms with van der Waals surface area (Å²) in [6.45, 7) is 3.44. The van der Waals surface area contributed by atoms with Crippen LogP contribution in [-0.4, -0.2) is 53.3 Å². The molecule has 4 N–H and O–H groups in total. The lowest BCUT2D eigenvalue weighted by Crippen LogP contribution is -2.52. The van der Waals surface area contributed by atoms with Crippen molar-refractivity contribution in [1.29, 1.82) is 0 Å². The minimum absolute atomic E-state index is 0.112. The zero-order chi connectivity index (χ0) is 15.2. The Morgan fingerprint density at radius 1 is 1.35 bits per heavy atom. The van der Waals surface area contributed by atoms with Gasteiger partial charge in [-0.1, -0.05) is 11.6 Å². The molecule has 1 aromatic carbocycles. The van der Waals surface area contributed by atoms with Crippen LogP contribution in [0.15, 0.2) is 18.2 Å². The molecule has 0 saturated carbocycles. The van der Waals surface area contributed by atoms with Crippen LogP contribution in [0.3, 0.4) is 0 Å². The Morgan fingerprint density at radius 2 is 2.00 bits per heavy atom. The molecule has 0 aromatic heterocycles. The van der Waals surface area contributed by atoms with Gasteiger partial charge in [0.15, 0.2) is 0 Å². The molecule has 1 atom stereocenters. The van der Waals surface area contributed by atoms with Crippen LogP contribution in [0.1, 0.15) is 12.5 Å². The Bertz CT molecular complexity index is 424. The van der Waals surface area contributed by atoms with Crippen molar-refractivity contribution in [3.8, 4) is 5.75 Å². The molecule has 0 heterocycles. The summed E-state index contributed by atoms with van der Waals surface area (Å²) in [4.78, 5) is 0. The summed E-state index contributed by atoms with van der Waals surface area (Å²) in [5.74, 6) is 0.637. The number of benzene rings is 1. The molecule has 6 heteroatoms. The van der Waals surface area contributed by atoms with Crippen LogP contribution in [0.25, 0.3) is 0 Å². The number of aliphatic hydroxyl groups excluding tert-OH is 3. The Kier molecular flexibility index (Phi) is 6.71. The predicted octanol–water partition coefficient (Wildman–Crippen LogP) is 0.721. The van der Waals surface area contributed by atoms with Crippen molar-refractivity contribution in [3.63, 3.8) is 0 Å². The summed E-state index contributed by atoms with van der Waals surface area (Å²) in [6.07, 6.45) is -0.747. The second-order valence-corrected chi connectivity index (χ2v) is 5.54. The number of hydrogen-bond donors (Lipinski definition) is 4. The Balaban J connectivity index is 2.39. The molecular weight excluding hydrogens is 282 g/mol. The van der Waals surface area contributed by atoms with Gasteiger partial charge in [0.2, 0.25) is 0 Å². The van der Waals surface area contributed by atoms with Gasteiger partial charge in [0.05, 0.1) is 18.8 Å². The average molecular weight is 304 g/mol. The van der Waals surface area contributed by atoms with E-state index in [0.29, 0.717) is 10.8 Å². The largest absolute Gasteiger partial charge is 0.491 e. The maximum Gasteiger partial charge on any atom is 0.119 e. The van der Waals surface area contributed by atoms with Crippen LogP contribution >= 0.6 is 11.6 Å². The van der Waals surface area contributed by atoms with E-state index >= 15 is 0 Å². The summed E-state index contributed by atoms with van der Waals surface area (Å²) in [7, 11) is 0. The van der Waals surface area contributed by atoms with Crippen molar-refractivity contribution in [3.05, 3.63) is 28.8 Å². The summed E-state index contributed by atoms with van der Waals surface area (Å²) in [5.41, 5.74) is 0.0996. The van der Waals surface area contributed by atoms with Gasteiger partial charge < -0.3 is 25.4 Å². The van der Waals surface area contributed by atoms with E-state index in [-0.39, 0.29) is 26.4 Å². The topological polar surface area (TPSA) is 82.0 Å². The first kappa shape index (κ1) is 17.2. The van der Waals surface area contributed by atoms with E-state index in [0.717, 1.165) is 5.56 Å². The first-order chi connectivity index (χ1) is 9.40. The molecule has 5 nitrogen and oxygen atoms in total. The molecule has 0 aliphatic carbocycles. The number of aliphatic hydroxyl groups is 3. The molecule has 0 fully saturated rings. The van der Waals surface area contributed by atoms with Gasteiger partial charge in [0, 0.05) is 11.6 Å². The van der Waals surface area contributed by atoms with Gasteiger partial charge in [-0.3, -0.25) is 0 Å². The Hall–Kier alpha value is -0.850. The molecule has 0 spiro atoms. The van der Waals surface area contributed by atoms with Gasteiger partial charge >= 0.3 is 0 Å². The monoisotopic (exact) mass is 303 g/mol. The summed E-state index contributed by atoms with van der Waals surface area (Å²) >= 11 is 5.91. The number of ether oxygens (including phenoxy) is 1. The van der Waals surface area contributed by atoms with Gasteiger partial charge in [0.25, 0.3) is 0 Å².